The summed E-state index contributed by atoms with van der Waals surface area (Å²) in [5.41, 5.74) is 2.30. The van der Waals surface area contributed by atoms with Crippen LogP contribution in [0.2, 0.25) is 0 Å². The highest BCUT2D eigenvalue weighted by atomic mass is 32.2. The Balaban J connectivity index is 2.02. The third-order valence-corrected chi connectivity index (χ3v) is 8.58. The van der Waals surface area contributed by atoms with Crippen LogP contribution in [0.1, 0.15) is 45.2 Å². The smallest absolute Gasteiger partial charge is 0.264 e. The Kier molecular flexibility index (Phi) is 11.3. The van der Waals surface area contributed by atoms with Gasteiger partial charge in [-0.3, -0.25) is 13.9 Å². The molecule has 2 amide bonds. The molecule has 0 saturated heterocycles. The van der Waals surface area contributed by atoms with E-state index >= 15 is 0 Å². The molecule has 214 valence electrons. The van der Waals surface area contributed by atoms with Crippen molar-refractivity contribution in [3.8, 4) is 0 Å². The van der Waals surface area contributed by atoms with Gasteiger partial charge in [-0.15, -0.1) is 0 Å². The molecule has 0 aromatic heterocycles. The molecule has 3 aromatic rings. The van der Waals surface area contributed by atoms with Gasteiger partial charge in [0.25, 0.3) is 10.0 Å². The average Bonchev–Trinajstić information content (AvgIpc) is 2.97. The van der Waals surface area contributed by atoms with Crippen molar-refractivity contribution in [2.75, 3.05) is 23.9 Å². The summed E-state index contributed by atoms with van der Waals surface area (Å²) in [5, 5.41) is 2.96. The minimum absolute atomic E-state index is 0.103. The molecule has 0 radical (unpaired) electrons. The zero-order valence-electron chi connectivity index (χ0n) is 23.9. The molecule has 3 aromatic carbocycles. The summed E-state index contributed by atoms with van der Waals surface area (Å²) in [5.74, 6) is -0.399. The van der Waals surface area contributed by atoms with Gasteiger partial charge in [0.2, 0.25) is 11.8 Å². The van der Waals surface area contributed by atoms with E-state index in [1.165, 1.54) is 16.4 Å². The summed E-state index contributed by atoms with van der Waals surface area (Å²) < 4.78 is 29.1. The zero-order valence-corrected chi connectivity index (χ0v) is 24.7. The second kappa shape index (κ2) is 14.7. The van der Waals surface area contributed by atoms with Gasteiger partial charge in [-0.25, -0.2) is 8.42 Å². The quantitative estimate of drug-likeness (QED) is 0.297. The van der Waals surface area contributed by atoms with Gasteiger partial charge in [0, 0.05) is 13.1 Å². The van der Waals surface area contributed by atoms with Gasteiger partial charge in [-0.05, 0) is 54.5 Å². The van der Waals surface area contributed by atoms with Crippen LogP contribution in [0.5, 0.6) is 0 Å². The fourth-order valence-corrected chi connectivity index (χ4v) is 6.08. The molecule has 0 bridgehead atoms. The number of carbonyl (C=O) groups is 2. The zero-order chi connectivity index (χ0) is 29.1. The SMILES string of the molecule is CCc1ccccc1N(CC(=O)N(CCc1ccccc1)C(CC)C(=O)NCC(C)C)S(=O)(=O)c1ccccc1. The summed E-state index contributed by atoms with van der Waals surface area (Å²) in [6, 6.07) is 24.4. The van der Waals surface area contributed by atoms with Gasteiger partial charge in [0.15, 0.2) is 0 Å². The lowest BCUT2D eigenvalue weighted by Crippen LogP contribution is -2.53. The molecule has 1 atom stereocenters. The van der Waals surface area contributed by atoms with Gasteiger partial charge in [-0.1, -0.05) is 94.4 Å². The molecule has 0 aliphatic heterocycles. The van der Waals surface area contributed by atoms with Crippen LogP contribution in [0.25, 0.3) is 0 Å². The number of rotatable bonds is 14. The normalized spacial score (nSPS) is 12.1. The third kappa shape index (κ3) is 7.94. The van der Waals surface area contributed by atoms with Crippen molar-refractivity contribution in [1.29, 1.82) is 0 Å². The predicted molar refractivity (Wildman–Crippen MR) is 161 cm³/mol. The second-order valence-electron chi connectivity index (χ2n) is 10.2. The summed E-state index contributed by atoms with van der Waals surface area (Å²) in [6.45, 7) is 8.20. The molecule has 0 spiro atoms. The molecule has 1 unspecified atom stereocenters. The summed E-state index contributed by atoms with van der Waals surface area (Å²) >= 11 is 0. The largest absolute Gasteiger partial charge is 0.354 e. The van der Waals surface area contributed by atoms with Crippen molar-refractivity contribution in [2.24, 2.45) is 5.92 Å². The molecule has 7 nitrogen and oxygen atoms in total. The first-order valence-corrected chi connectivity index (χ1v) is 15.4. The topological polar surface area (TPSA) is 86.8 Å². The van der Waals surface area contributed by atoms with Crippen LogP contribution in [0, 0.1) is 5.92 Å². The molecular formula is C32H41N3O4S. The maximum atomic E-state index is 14.1. The lowest BCUT2D eigenvalue weighted by molar-refractivity contribution is -0.139. The van der Waals surface area contributed by atoms with Gasteiger partial charge in [0.1, 0.15) is 12.6 Å². The van der Waals surface area contributed by atoms with E-state index < -0.39 is 28.5 Å². The first-order chi connectivity index (χ1) is 19.2. The first-order valence-electron chi connectivity index (χ1n) is 14.0. The third-order valence-electron chi connectivity index (χ3n) is 6.81. The molecule has 0 heterocycles. The minimum atomic E-state index is -4.07. The molecule has 0 fully saturated rings. The molecule has 3 rings (SSSR count). The van der Waals surface area contributed by atoms with Crippen LogP contribution in [0.3, 0.4) is 0 Å². The minimum Gasteiger partial charge on any atom is -0.354 e. The first kappa shape index (κ1) is 30.9. The van der Waals surface area contributed by atoms with Crippen molar-refractivity contribution in [1.82, 2.24) is 10.2 Å². The number of anilines is 1. The van der Waals surface area contributed by atoms with Crippen molar-refractivity contribution < 1.29 is 18.0 Å². The van der Waals surface area contributed by atoms with Gasteiger partial charge < -0.3 is 10.2 Å². The van der Waals surface area contributed by atoms with Gasteiger partial charge >= 0.3 is 0 Å². The Morgan fingerprint density at radius 1 is 0.850 bits per heavy atom. The Morgan fingerprint density at radius 3 is 2.05 bits per heavy atom. The number of para-hydroxylation sites is 1. The Bertz CT molecular complexity index is 1340. The number of hydrogen-bond donors (Lipinski definition) is 1. The predicted octanol–water partition coefficient (Wildman–Crippen LogP) is 5.07. The van der Waals surface area contributed by atoms with E-state index in [4.69, 9.17) is 0 Å². The van der Waals surface area contributed by atoms with Crippen LogP contribution < -0.4 is 9.62 Å². The molecule has 0 saturated carbocycles. The number of amides is 2. The van der Waals surface area contributed by atoms with E-state index in [9.17, 15) is 18.0 Å². The standard InChI is InChI=1S/C32H41N3O4S/c1-5-27-17-13-14-20-30(27)35(40(38,39)28-18-11-8-12-19-28)24-31(36)34(22-21-26-15-9-7-10-16-26)29(6-2)32(37)33-23-25(3)4/h7-20,25,29H,5-6,21-24H2,1-4H3,(H,33,37). The molecule has 40 heavy (non-hydrogen) atoms. The van der Waals surface area contributed by atoms with Crippen LogP contribution in [0.15, 0.2) is 89.8 Å². The molecule has 0 aliphatic carbocycles. The van der Waals surface area contributed by atoms with E-state index in [0.717, 1.165) is 11.1 Å². The highest BCUT2D eigenvalue weighted by Gasteiger charge is 2.34. The second-order valence-corrected chi connectivity index (χ2v) is 12.1. The van der Waals surface area contributed by atoms with Crippen LogP contribution in [0.4, 0.5) is 5.69 Å². The summed E-state index contributed by atoms with van der Waals surface area (Å²) in [6.07, 6.45) is 1.54. The van der Waals surface area contributed by atoms with Crippen molar-refractivity contribution in [3.63, 3.8) is 0 Å². The van der Waals surface area contributed by atoms with E-state index in [0.29, 0.717) is 31.5 Å². The Morgan fingerprint density at radius 2 is 1.45 bits per heavy atom. The molecule has 1 N–H and O–H groups in total. The number of carbonyl (C=O) groups excluding carboxylic acids is 2. The number of aryl methyl sites for hydroxylation is 1. The lowest BCUT2D eigenvalue weighted by atomic mass is 10.1. The van der Waals surface area contributed by atoms with E-state index in [1.54, 1.807) is 35.2 Å². The highest BCUT2D eigenvalue weighted by molar-refractivity contribution is 7.92. The van der Waals surface area contributed by atoms with Crippen LogP contribution >= 0.6 is 0 Å². The Labute approximate surface area is 239 Å². The fourth-order valence-electron chi connectivity index (χ4n) is 4.60. The molecular weight excluding hydrogens is 522 g/mol. The summed E-state index contributed by atoms with van der Waals surface area (Å²) in [4.78, 5) is 29.0. The maximum Gasteiger partial charge on any atom is 0.264 e. The highest BCUT2D eigenvalue weighted by Crippen LogP contribution is 2.28. The molecule has 0 aliphatic rings. The number of hydrogen-bond acceptors (Lipinski definition) is 4. The number of nitrogens with one attached hydrogen (secondary N) is 1. The maximum absolute atomic E-state index is 14.1. The molecule has 8 heteroatoms. The fraction of sp³-hybridized carbons (Fsp3) is 0.375. The van der Waals surface area contributed by atoms with Crippen molar-refractivity contribution in [3.05, 3.63) is 96.1 Å². The number of benzene rings is 3. The Hall–Kier alpha value is -3.65. The number of sulfonamides is 1. The summed E-state index contributed by atoms with van der Waals surface area (Å²) in [7, 11) is -4.07. The van der Waals surface area contributed by atoms with Crippen LogP contribution in [-0.2, 0) is 32.5 Å². The van der Waals surface area contributed by atoms with E-state index in [-0.39, 0.29) is 23.3 Å². The number of nitrogens with zero attached hydrogens (tertiary/aromatic N) is 2. The van der Waals surface area contributed by atoms with Crippen molar-refractivity contribution in [2.45, 2.75) is 57.9 Å². The van der Waals surface area contributed by atoms with Crippen LogP contribution in [-0.4, -0.2) is 50.8 Å². The lowest BCUT2D eigenvalue weighted by Gasteiger charge is -2.33. The van der Waals surface area contributed by atoms with E-state index in [1.807, 2.05) is 70.2 Å². The van der Waals surface area contributed by atoms with E-state index in [2.05, 4.69) is 5.32 Å². The van der Waals surface area contributed by atoms with Crippen molar-refractivity contribution >= 4 is 27.5 Å². The van der Waals surface area contributed by atoms with Gasteiger partial charge in [-0.2, -0.15) is 0 Å². The van der Waals surface area contributed by atoms with Gasteiger partial charge in [0.05, 0.1) is 10.6 Å². The average molecular weight is 564 g/mol. The monoisotopic (exact) mass is 563 g/mol.